The van der Waals surface area contributed by atoms with Crippen molar-refractivity contribution in [2.75, 3.05) is 0 Å². The fraction of sp³-hybridized carbons (Fsp3) is 0.917. The van der Waals surface area contributed by atoms with E-state index in [9.17, 15) is 0 Å². The zero-order valence-electron chi connectivity index (χ0n) is 8.87. The minimum Gasteiger partial charge on any atom is -0.411 e. The highest BCUT2D eigenvalue weighted by Gasteiger charge is 2.52. The maximum atomic E-state index is 8.98. The largest absolute Gasteiger partial charge is 0.411 e. The third kappa shape index (κ3) is 1.06. The lowest BCUT2D eigenvalue weighted by molar-refractivity contribution is -0.0140. The summed E-state index contributed by atoms with van der Waals surface area (Å²) in [7, 11) is 0. The van der Waals surface area contributed by atoms with Gasteiger partial charge in [0.2, 0.25) is 0 Å². The second-order valence-corrected chi connectivity index (χ2v) is 5.88. The lowest BCUT2D eigenvalue weighted by Gasteiger charge is -2.56. The monoisotopic (exact) mass is 193 g/mol. The highest BCUT2D eigenvalue weighted by Crippen LogP contribution is 2.60. The molecule has 0 spiro atoms. The van der Waals surface area contributed by atoms with Crippen molar-refractivity contribution in [3.05, 3.63) is 0 Å². The molecular formula is C12H19NO. The molecule has 78 valence electrons. The van der Waals surface area contributed by atoms with Crippen LogP contribution in [0.25, 0.3) is 0 Å². The molecule has 0 saturated heterocycles. The van der Waals surface area contributed by atoms with E-state index in [0.29, 0.717) is 5.41 Å². The molecule has 4 fully saturated rings. The molecule has 2 heteroatoms. The van der Waals surface area contributed by atoms with E-state index >= 15 is 0 Å². The average Bonchev–Trinajstić information content (AvgIpc) is 2.14. The van der Waals surface area contributed by atoms with Gasteiger partial charge in [-0.1, -0.05) is 5.16 Å². The summed E-state index contributed by atoms with van der Waals surface area (Å²) < 4.78 is 0. The minimum absolute atomic E-state index is 0.309. The third-order valence-electron chi connectivity index (χ3n) is 4.96. The van der Waals surface area contributed by atoms with Crippen LogP contribution in [0.4, 0.5) is 0 Å². The molecule has 0 aliphatic heterocycles. The molecule has 0 aromatic rings. The molecule has 0 atom stereocenters. The van der Waals surface area contributed by atoms with Crippen LogP contribution in [0.2, 0.25) is 0 Å². The Labute approximate surface area is 85.4 Å². The van der Waals surface area contributed by atoms with Crippen molar-refractivity contribution in [2.24, 2.45) is 28.3 Å². The second kappa shape index (κ2) is 2.74. The Kier molecular flexibility index (Phi) is 1.71. The minimum atomic E-state index is 0.309. The van der Waals surface area contributed by atoms with E-state index in [0.717, 1.165) is 23.5 Å². The Morgan fingerprint density at radius 1 is 1.07 bits per heavy atom. The van der Waals surface area contributed by atoms with E-state index in [-0.39, 0.29) is 0 Å². The normalized spacial score (nSPS) is 51.2. The molecule has 0 amide bonds. The summed E-state index contributed by atoms with van der Waals surface area (Å²) in [5, 5.41) is 12.5. The van der Waals surface area contributed by atoms with Crippen LogP contribution in [0.5, 0.6) is 0 Å². The summed E-state index contributed by atoms with van der Waals surface area (Å²) in [5.74, 6) is 2.83. The first-order valence-corrected chi connectivity index (χ1v) is 5.91. The van der Waals surface area contributed by atoms with Gasteiger partial charge in [-0.2, -0.15) is 0 Å². The Bertz CT molecular complexity index is 247. The fourth-order valence-electron chi connectivity index (χ4n) is 4.66. The van der Waals surface area contributed by atoms with Gasteiger partial charge in [0.15, 0.2) is 0 Å². The highest BCUT2D eigenvalue weighted by molar-refractivity contribution is 5.87. The van der Waals surface area contributed by atoms with Crippen LogP contribution in [0.15, 0.2) is 5.16 Å². The Hall–Kier alpha value is -0.530. The Morgan fingerprint density at radius 2 is 1.50 bits per heavy atom. The summed E-state index contributed by atoms with van der Waals surface area (Å²) in [5.41, 5.74) is 1.32. The van der Waals surface area contributed by atoms with Crippen LogP contribution in [0.3, 0.4) is 0 Å². The molecule has 0 aromatic carbocycles. The number of hydrogen-bond donors (Lipinski definition) is 1. The Morgan fingerprint density at radius 3 is 1.86 bits per heavy atom. The van der Waals surface area contributed by atoms with Crippen molar-refractivity contribution in [3.63, 3.8) is 0 Å². The van der Waals surface area contributed by atoms with Gasteiger partial charge in [-0.25, -0.2) is 0 Å². The van der Waals surface area contributed by atoms with E-state index in [1.54, 1.807) is 0 Å². The average molecular weight is 193 g/mol. The van der Waals surface area contributed by atoms with Crippen molar-refractivity contribution in [1.29, 1.82) is 0 Å². The highest BCUT2D eigenvalue weighted by atomic mass is 16.4. The zero-order chi connectivity index (χ0) is 9.76. The fourth-order valence-corrected chi connectivity index (χ4v) is 4.66. The lowest BCUT2D eigenvalue weighted by Crippen LogP contribution is -2.49. The van der Waals surface area contributed by atoms with Crippen LogP contribution in [0.1, 0.15) is 45.4 Å². The van der Waals surface area contributed by atoms with E-state index in [1.165, 1.54) is 38.5 Å². The number of hydrogen-bond acceptors (Lipinski definition) is 2. The van der Waals surface area contributed by atoms with Crippen LogP contribution >= 0.6 is 0 Å². The van der Waals surface area contributed by atoms with Crippen LogP contribution < -0.4 is 0 Å². The van der Waals surface area contributed by atoms with Gasteiger partial charge in [0.25, 0.3) is 0 Å². The SMILES string of the molecule is C/C(=N/O)C12CC3CC(CC(C3)C1)C2. The van der Waals surface area contributed by atoms with E-state index in [1.807, 2.05) is 6.92 Å². The summed E-state index contributed by atoms with van der Waals surface area (Å²) >= 11 is 0. The van der Waals surface area contributed by atoms with E-state index in [4.69, 9.17) is 5.21 Å². The molecule has 1 N–H and O–H groups in total. The molecule has 4 aliphatic rings. The van der Waals surface area contributed by atoms with Crippen LogP contribution in [-0.2, 0) is 0 Å². The van der Waals surface area contributed by atoms with Crippen molar-refractivity contribution in [2.45, 2.75) is 45.4 Å². The van der Waals surface area contributed by atoms with Gasteiger partial charge < -0.3 is 5.21 Å². The maximum Gasteiger partial charge on any atom is 0.0601 e. The van der Waals surface area contributed by atoms with Crippen molar-refractivity contribution < 1.29 is 5.21 Å². The molecule has 4 bridgehead atoms. The lowest BCUT2D eigenvalue weighted by atomic mass is 9.48. The number of rotatable bonds is 1. The molecule has 2 nitrogen and oxygen atoms in total. The molecule has 0 unspecified atom stereocenters. The van der Waals surface area contributed by atoms with Crippen molar-refractivity contribution in [3.8, 4) is 0 Å². The zero-order valence-corrected chi connectivity index (χ0v) is 8.87. The summed E-state index contributed by atoms with van der Waals surface area (Å²) in [6.07, 6.45) is 8.27. The van der Waals surface area contributed by atoms with Gasteiger partial charge in [0, 0.05) is 5.41 Å². The van der Waals surface area contributed by atoms with Crippen LogP contribution in [-0.4, -0.2) is 10.9 Å². The smallest absolute Gasteiger partial charge is 0.0601 e. The molecule has 4 aliphatic carbocycles. The molecule has 0 radical (unpaired) electrons. The first-order valence-electron chi connectivity index (χ1n) is 5.91. The molecule has 0 aromatic heterocycles. The van der Waals surface area contributed by atoms with Gasteiger partial charge in [-0.15, -0.1) is 0 Å². The molecule has 0 heterocycles. The van der Waals surface area contributed by atoms with E-state index < -0.39 is 0 Å². The number of oxime groups is 1. The standard InChI is InChI=1S/C12H19NO/c1-8(13-14)12-5-9-2-10(6-12)4-11(3-9)7-12/h9-11,14H,2-7H2,1H3/b13-8-. The van der Waals surface area contributed by atoms with Crippen molar-refractivity contribution >= 4 is 5.71 Å². The van der Waals surface area contributed by atoms with Gasteiger partial charge in [-0.3, -0.25) is 0 Å². The predicted molar refractivity (Wildman–Crippen MR) is 55.5 cm³/mol. The Balaban J connectivity index is 1.94. The first kappa shape index (κ1) is 8.75. The summed E-state index contributed by atoms with van der Waals surface area (Å²) in [6, 6.07) is 0. The van der Waals surface area contributed by atoms with Gasteiger partial charge in [0.1, 0.15) is 0 Å². The molecular weight excluding hydrogens is 174 g/mol. The van der Waals surface area contributed by atoms with Gasteiger partial charge in [-0.05, 0) is 63.2 Å². The topological polar surface area (TPSA) is 32.6 Å². The molecule has 4 rings (SSSR count). The first-order chi connectivity index (χ1) is 6.72. The summed E-state index contributed by atoms with van der Waals surface area (Å²) in [4.78, 5) is 0. The molecule has 4 saturated carbocycles. The van der Waals surface area contributed by atoms with Crippen LogP contribution in [0, 0.1) is 23.2 Å². The maximum absolute atomic E-state index is 8.98. The summed E-state index contributed by atoms with van der Waals surface area (Å²) in [6.45, 7) is 2.02. The van der Waals surface area contributed by atoms with Gasteiger partial charge >= 0.3 is 0 Å². The van der Waals surface area contributed by atoms with Gasteiger partial charge in [0.05, 0.1) is 5.71 Å². The third-order valence-corrected chi connectivity index (χ3v) is 4.96. The second-order valence-electron chi connectivity index (χ2n) is 5.88. The predicted octanol–water partition coefficient (Wildman–Crippen LogP) is 3.05. The molecule has 14 heavy (non-hydrogen) atoms. The van der Waals surface area contributed by atoms with Crippen molar-refractivity contribution in [1.82, 2.24) is 0 Å². The quantitative estimate of drug-likeness (QED) is 0.387. The number of nitrogens with zero attached hydrogens (tertiary/aromatic N) is 1. The van der Waals surface area contributed by atoms with E-state index in [2.05, 4.69) is 5.16 Å².